The van der Waals surface area contributed by atoms with Gasteiger partial charge in [-0.3, -0.25) is 0 Å². The highest BCUT2D eigenvalue weighted by Gasteiger charge is 2.36. The molecule has 2 amide bonds. The van der Waals surface area contributed by atoms with Crippen molar-refractivity contribution in [2.75, 3.05) is 5.32 Å². The Hall–Kier alpha value is -1.41. The number of hydrogen-bond acceptors (Lipinski definition) is 1. The molecule has 2 aromatic rings. The van der Waals surface area contributed by atoms with Crippen LogP contribution in [0.2, 0.25) is 5.02 Å². The van der Waals surface area contributed by atoms with Crippen molar-refractivity contribution in [3.05, 3.63) is 64.4 Å². The van der Waals surface area contributed by atoms with Crippen LogP contribution in [0.5, 0.6) is 0 Å². The first-order chi connectivity index (χ1) is 12.4. The number of benzene rings is 2. The van der Waals surface area contributed by atoms with Crippen LogP contribution in [0.15, 0.2) is 42.5 Å². The quantitative estimate of drug-likeness (QED) is 0.384. The van der Waals surface area contributed by atoms with E-state index in [0.717, 1.165) is 24.3 Å². The number of halogens is 8. The first-order valence-corrected chi connectivity index (χ1v) is 8.65. The summed E-state index contributed by atoms with van der Waals surface area (Å²) in [4.78, 5) is 12.2. The summed E-state index contributed by atoms with van der Waals surface area (Å²) in [5.74, 6) is -0.540. The monoisotopic (exact) mass is 462 g/mol. The van der Waals surface area contributed by atoms with Gasteiger partial charge in [0.1, 0.15) is 11.9 Å². The third-order valence-electron chi connectivity index (χ3n) is 3.35. The van der Waals surface area contributed by atoms with E-state index < -0.39 is 33.4 Å². The molecule has 0 aliphatic carbocycles. The zero-order chi connectivity index (χ0) is 20.4. The second-order valence-electron chi connectivity index (χ2n) is 5.32. The van der Waals surface area contributed by atoms with Gasteiger partial charge >= 0.3 is 12.2 Å². The molecular formula is C16H10Cl4F4N2O. The predicted octanol–water partition coefficient (Wildman–Crippen LogP) is 6.73. The molecule has 146 valence electrons. The summed E-state index contributed by atoms with van der Waals surface area (Å²) in [6.45, 7) is 0. The smallest absolute Gasteiger partial charge is 0.327 e. The number of hydrogen-bond donors (Lipinski definition) is 2. The van der Waals surface area contributed by atoms with E-state index in [1.165, 1.54) is 12.1 Å². The lowest BCUT2D eigenvalue weighted by atomic mass is 10.1. The molecule has 1 unspecified atom stereocenters. The number of amides is 2. The molecule has 0 fully saturated rings. The van der Waals surface area contributed by atoms with Crippen molar-refractivity contribution in [3.63, 3.8) is 0 Å². The molecule has 0 bridgehead atoms. The molecule has 2 aromatic carbocycles. The van der Waals surface area contributed by atoms with Gasteiger partial charge in [0.25, 0.3) is 0 Å². The first-order valence-electron chi connectivity index (χ1n) is 7.14. The van der Waals surface area contributed by atoms with Crippen molar-refractivity contribution in [3.8, 4) is 0 Å². The van der Waals surface area contributed by atoms with Crippen LogP contribution in [0.4, 0.5) is 28.0 Å². The van der Waals surface area contributed by atoms with Crippen LogP contribution in [-0.2, 0) is 6.18 Å². The normalized spacial score (nSPS) is 13.2. The molecule has 0 aliphatic heterocycles. The lowest BCUT2D eigenvalue weighted by Crippen LogP contribution is -2.39. The fourth-order valence-corrected chi connectivity index (χ4v) is 2.80. The van der Waals surface area contributed by atoms with E-state index in [1.807, 2.05) is 0 Å². The number of nitrogens with one attached hydrogen (secondary N) is 2. The fraction of sp³-hybridized carbons (Fsp3) is 0.188. The van der Waals surface area contributed by atoms with Crippen molar-refractivity contribution in [2.24, 2.45) is 0 Å². The summed E-state index contributed by atoms with van der Waals surface area (Å²) < 4.78 is 49.5. The van der Waals surface area contributed by atoms with E-state index in [-0.39, 0.29) is 16.3 Å². The number of urea groups is 1. The van der Waals surface area contributed by atoms with Gasteiger partial charge in [-0.1, -0.05) is 58.5 Å². The van der Waals surface area contributed by atoms with Crippen molar-refractivity contribution < 1.29 is 22.4 Å². The van der Waals surface area contributed by atoms with Gasteiger partial charge in [-0.2, -0.15) is 13.2 Å². The second kappa shape index (κ2) is 8.31. The minimum Gasteiger partial charge on any atom is -0.327 e. The summed E-state index contributed by atoms with van der Waals surface area (Å²) in [6, 6.07) is 5.03. The Morgan fingerprint density at radius 2 is 1.59 bits per heavy atom. The minimum atomic E-state index is -4.62. The number of rotatable bonds is 3. The molecule has 0 saturated carbocycles. The van der Waals surface area contributed by atoms with Crippen molar-refractivity contribution >= 4 is 58.1 Å². The Labute approximate surface area is 171 Å². The average molecular weight is 464 g/mol. The molecule has 3 nitrogen and oxygen atoms in total. The summed E-state index contributed by atoms with van der Waals surface area (Å²) >= 11 is 23.4. The Kier molecular flexibility index (Phi) is 6.73. The zero-order valence-electron chi connectivity index (χ0n) is 13.1. The molecule has 0 spiro atoms. The lowest BCUT2D eigenvalue weighted by Gasteiger charge is -2.26. The van der Waals surface area contributed by atoms with Gasteiger partial charge in [0.15, 0.2) is 0 Å². The zero-order valence-corrected chi connectivity index (χ0v) is 16.1. The molecule has 0 saturated heterocycles. The molecule has 1 atom stereocenters. The number of carbonyl (C=O) groups is 1. The maximum absolute atomic E-state index is 13.1. The summed E-state index contributed by atoms with van der Waals surface area (Å²) in [7, 11) is 0. The highest BCUT2D eigenvalue weighted by atomic mass is 35.6. The number of carbonyl (C=O) groups excluding carboxylic acids is 1. The maximum atomic E-state index is 13.1. The number of alkyl halides is 6. The molecular weight excluding hydrogens is 454 g/mol. The Morgan fingerprint density at radius 3 is 2.11 bits per heavy atom. The van der Waals surface area contributed by atoms with Crippen LogP contribution in [0, 0.1) is 5.82 Å². The molecule has 0 heterocycles. The molecule has 2 N–H and O–H groups in total. The highest BCUT2D eigenvalue weighted by molar-refractivity contribution is 6.68. The molecule has 0 radical (unpaired) electrons. The van der Waals surface area contributed by atoms with E-state index >= 15 is 0 Å². The molecule has 2 rings (SSSR count). The van der Waals surface area contributed by atoms with Gasteiger partial charge in [0, 0.05) is 0 Å². The Morgan fingerprint density at radius 1 is 1.00 bits per heavy atom. The molecule has 11 heteroatoms. The highest BCUT2D eigenvalue weighted by Crippen LogP contribution is 2.40. The summed E-state index contributed by atoms with van der Waals surface area (Å²) in [5.41, 5.74) is -1.02. The first kappa shape index (κ1) is 21.9. The standard InChI is InChI=1S/C16H10Cl4F4N2O/c17-11-6-3-9(16(22,23)24)7-12(11)25-14(27)26-13(15(18,19)20)8-1-4-10(21)5-2-8/h1-7,13H,(H2,25,26,27). The molecule has 0 aromatic heterocycles. The van der Waals surface area contributed by atoms with Gasteiger partial charge in [-0.15, -0.1) is 0 Å². The van der Waals surface area contributed by atoms with Crippen LogP contribution in [0.25, 0.3) is 0 Å². The van der Waals surface area contributed by atoms with E-state index in [1.54, 1.807) is 0 Å². The largest absolute Gasteiger partial charge is 0.416 e. The van der Waals surface area contributed by atoms with Crippen molar-refractivity contribution in [1.82, 2.24) is 5.32 Å². The topological polar surface area (TPSA) is 41.1 Å². The Balaban J connectivity index is 2.23. The third kappa shape index (κ3) is 6.04. The SMILES string of the molecule is O=C(Nc1cc(C(F)(F)F)ccc1Cl)NC(c1ccc(F)cc1)C(Cl)(Cl)Cl. The van der Waals surface area contributed by atoms with E-state index in [0.29, 0.717) is 6.07 Å². The van der Waals surface area contributed by atoms with Crippen LogP contribution in [0.1, 0.15) is 17.2 Å². The van der Waals surface area contributed by atoms with Gasteiger partial charge < -0.3 is 10.6 Å². The molecule has 27 heavy (non-hydrogen) atoms. The van der Waals surface area contributed by atoms with Crippen molar-refractivity contribution in [1.29, 1.82) is 0 Å². The maximum Gasteiger partial charge on any atom is 0.416 e. The Bertz CT molecular complexity index is 823. The lowest BCUT2D eigenvalue weighted by molar-refractivity contribution is -0.137. The van der Waals surface area contributed by atoms with Crippen LogP contribution in [0.3, 0.4) is 0 Å². The van der Waals surface area contributed by atoms with Crippen LogP contribution < -0.4 is 10.6 Å². The van der Waals surface area contributed by atoms with E-state index in [2.05, 4.69) is 10.6 Å². The van der Waals surface area contributed by atoms with Crippen molar-refractivity contribution in [2.45, 2.75) is 16.0 Å². The van der Waals surface area contributed by atoms with Gasteiger partial charge in [0.2, 0.25) is 3.79 Å². The summed E-state index contributed by atoms with van der Waals surface area (Å²) in [6.07, 6.45) is -4.62. The fourth-order valence-electron chi connectivity index (χ4n) is 2.10. The van der Waals surface area contributed by atoms with E-state index in [4.69, 9.17) is 46.4 Å². The van der Waals surface area contributed by atoms with Gasteiger partial charge in [-0.05, 0) is 35.9 Å². The van der Waals surface area contributed by atoms with E-state index in [9.17, 15) is 22.4 Å². The predicted molar refractivity (Wildman–Crippen MR) is 98.0 cm³/mol. The minimum absolute atomic E-state index is 0.120. The second-order valence-corrected chi connectivity index (χ2v) is 8.09. The van der Waals surface area contributed by atoms with Crippen LogP contribution in [-0.4, -0.2) is 9.82 Å². The van der Waals surface area contributed by atoms with Gasteiger partial charge in [0.05, 0.1) is 16.3 Å². The van der Waals surface area contributed by atoms with Gasteiger partial charge in [-0.25, -0.2) is 9.18 Å². The third-order valence-corrected chi connectivity index (χ3v) is 4.33. The summed E-state index contributed by atoms with van der Waals surface area (Å²) in [5, 5.41) is 4.37. The van der Waals surface area contributed by atoms with Crippen LogP contribution >= 0.6 is 46.4 Å². The molecule has 0 aliphatic rings. The number of anilines is 1. The average Bonchev–Trinajstić information content (AvgIpc) is 2.53.